The summed E-state index contributed by atoms with van der Waals surface area (Å²) in [4.78, 5) is 15.6. The molecule has 0 aliphatic heterocycles. The molecule has 0 unspecified atom stereocenters. The summed E-state index contributed by atoms with van der Waals surface area (Å²) in [5, 5.41) is 7.86. The average molecular weight is 239 g/mol. The van der Waals surface area contributed by atoms with Gasteiger partial charge in [-0.3, -0.25) is 5.32 Å². The van der Waals surface area contributed by atoms with Gasteiger partial charge in [-0.2, -0.15) is 0 Å². The number of thiazole rings is 1. The molecule has 0 radical (unpaired) electrons. The van der Waals surface area contributed by atoms with Crippen LogP contribution in [0.2, 0.25) is 0 Å². The fourth-order valence-electron chi connectivity index (χ4n) is 0.891. The van der Waals surface area contributed by atoms with E-state index in [0.29, 0.717) is 11.0 Å². The van der Waals surface area contributed by atoms with Crippen LogP contribution in [0.1, 0.15) is 26.5 Å². The molecule has 0 atom stereocenters. The number of hydrogen-bond acceptors (Lipinski definition) is 3. The van der Waals surface area contributed by atoms with Gasteiger partial charge in [-0.1, -0.05) is 19.4 Å². The Hall–Kier alpha value is -1.36. The van der Waals surface area contributed by atoms with Crippen molar-refractivity contribution in [1.82, 2.24) is 10.3 Å². The molecule has 1 heterocycles. The van der Waals surface area contributed by atoms with Crippen LogP contribution < -0.4 is 10.6 Å². The number of nitrogens with zero attached hydrogens (tertiary/aromatic N) is 1. The molecule has 5 heteroatoms. The Bertz CT molecular complexity index is 396. The second kappa shape index (κ2) is 5.65. The van der Waals surface area contributed by atoms with Crippen molar-refractivity contribution in [2.75, 3.05) is 5.32 Å². The molecule has 0 aliphatic rings. The van der Waals surface area contributed by atoms with E-state index in [4.69, 9.17) is 0 Å². The van der Waals surface area contributed by atoms with E-state index >= 15 is 0 Å². The number of urea groups is 1. The third-order valence-corrected chi connectivity index (χ3v) is 3.06. The lowest BCUT2D eigenvalue weighted by molar-refractivity contribution is 0.255. The summed E-state index contributed by atoms with van der Waals surface area (Å²) in [6.45, 7) is 8.03. The highest BCUT2D eigenvalue weighted by Gasteiger charge is 2.03. The maximum Gasteiger partial charge on any atom is 0.325 e. The van der Waals surface area contributed by atoms with Crippen molar-refractivity contribution in [3.05, 3.63) is 22.8 Å². The van der Waals surface area contributed by atoms with Crippen LogP contribution in [0.5, 0.6) is 0 Å². The highest BCUT2D eigenvalue weighted by Crippen LogP contribution is 2.14. The maximum atomic E-state index is 11.4. The summed E-state index contributed by atoms with van der Waals surface area (Å²) >= 11 is 1.41. The molecule has 2 amide bonds. The molecule has 0 bridgehead atoms. The van der Waals surface area contributed by atoms with Gasteiger partial charge >= 0.3 is 6.03 Å². The van der Waals surface area contributed by atoms with Crippen molar-refractivity contribution >= 4 is 22.5 Å². The normalized spacial score (nSPS) is 11.7. The number of allylic oxidation sites excluding steroid dienone is 1. The first-order valence-electron chi connectivity index (χ1n) is 5.15. The number of rotatable bonds is 3. The van der Waals surface area contributed by atoms with E-state index in [2.05, 4.69) is 29.5 Å². The van der Waals surface area contributed by atoms with Gasteiger partial charge in [-0.25, -0.2) is 9.78 Å². The van der Waals surface area contributed by atoms with Gasteiger partial charge in [0.2, 0.25) is 0 Å². The average Bonchev–Trinajstić information content (AvgIpc) is 2.60. The Balaban J connectivity index is 2.45. The molecule has 0 spiro atoms. The highest BCUT2D eigenvalue weighted by molar-refractivity contribution is 7.13. The lowest BCUT2D eigenvalue weighted by atomic mass is 10.1. The van der Waals surface area contributed by atoms with Gasteiger partial charge in [0.25, 0.3) is 0 Å². The lowest BCUT2D eigenvalue weighted by Crippen LogP contribution is -2.24. The fourth-order valence-corrected chi connectivity index (χ4v) is 1.57. The van der Waals surface area contributed by atoms with E-state index in [9.17, 15) is 4.79 Å². The fraction of sp³-hybridized carbons (Fsp3) is 0.455. The molecule has 1 aromatic rings. The second-order valence-electron chi connectivity index (χ2n) is 3.94. The Labute approximate surface area is 99.8 Å². The van der Waals surface area contributed by atoms with E-state index in [1.807, 2.05) is 19.2 Å². The maximum absolute atomic E-state index is 11.4. The number of aryl methyl sites for hydroxylation is 1. The smallest absolute Gasteiger partial charge is 0.314 e. The minimum atomic E-state index is -0.255. The number of anilines is 1. The van der Waals surface area contributed by atoms with Crippen LogP contribution in [0.4, 0.5) is 9.93 Å². The number of hydrogen-bond donors (Lipinski definition) is 2. The summed E-state index contributed by atoms with van der Waals surface area (Å²) in [5.74, 6) is 0.433. The molecular formula is C11H17N3OS. The quantitative estimate of drug-likeness (QED) is 0.851. The van der Waals surface area contributed by atoms with Crippen molar-refractivity contribution < 1.29 is 4.79 Å². The molecule has 2 N–H and O–H groups in total. The van der Waals surface area contributed by atoms with Gasteiger partial charge in [0, 0.05) is 11.6 Å². The molecule has 16 heavy (non-hydrogen) atoms. The summed E-state index contributed by atoms with van der Waals surface area (Å²) < 4.78 is 0. The Kier molecular flexibility index (Phi) is 4.49. The minimum absolute atomic E-state index is 0.255. The molecule has 4 nitrogen and oxygen atoms in total. The third kappa shape index (κ3) is 4.02. The van der Waals surface area contributed by atoms with Crippen molar-refractivity contribution in [2.45, 2.75) is 27.7 Å². The number of carbonyl (C=O) groups excluding carboxylic acids is 1. The number of carbonyl (C=O) groups is 1. The summed E-state index contributed by atoms with van der Waals surface area (Å²) in [6, 6.07) is -0.255. The van der Waals surface area contributed by atoms with E-state index < -0.39 is 0 Å². The topological polar surface area (TPSA) is 54.0 Å². The van der Waals surface area contributed by atoms with Crippen molar-refractivity contribution in [3.8, 4) is 0 Å². The second-order valence-corrected chi connectivity index (χ2v) is 4.79. The number of amides is 2. The minimum Gasteiger partial charge on any atom is -0.314 e. The van der Waals surface area contributed by atoms with Gasteiger partial charge < -0.3 is 5.32 Å². The predicted octanol–water partition coefficient (Wildman–Crippen LogP) is 3.13. The van der Waals surface area contributed by atoms with Crippen LogP contribution in [-0.2, 0) is 0 Å². The van der Waals surface area contributed by atoms with Crippen LogP contribution in [0.3, 0.4) is 0 Å². The molecule has 0 fully saturated rings. The zero-order valence-corrected chi connectivity index (χ0v) is 10.8. The van der Waals surface area contributed by atoms with Gasteiger partial charge in [-0.05, 0) is 19.8 Å². The van der Waals surface area contributed by atoms with Gasteiger partial charge in [0.1, 0.15) is 0 Å². The number of aromatic nitrogens is 1. The Morgan fingerprint density at radius 3 is 2.75 bits per heavy atom. The van der Waals surface area contributed by atoms with Crippen LogP contribution >= 0.6 is 11.3 Å². The monoisotopic (exact) mass is 239 g/mol. The summed E-state index contributed by atoms with van der Waals surface area (Å²) in [5.41, 5.74) is 2.04. The first-order chi connectivity index (χ1) is 7.49. The zero-order valence-electron chi connectivity index (χ0n) is 10.00. The highest BCUT2D eigenvalue weighted by atomic mass is 32.1. The molecule has 1 aromatic heterocycles. The molecule has 1 rings (SSSR count). The van der Waals surface area contributed by atoms with Crippen molar-refractivity contribution in [1.29, 1.82) is 0 Å². The first kappa shape index (κ1) is 12.7. The van der Waals surface area contributed by atoms with E-state index in [0.717, 1.165) is 11.3 Å². The standard InChI is InChI=1S/C11H17N3OS/c1-7(2)8(3)5-12-10(15)14-11-13-9(4)6-16-11/h5-7H,1-4H3,(H2,12,13,14,15)/b8-5+. The zero-order chi connectivity index (χ0) is 12.1. The summed E-state index contributed by atoms with van der Waals surface area (Å²) in [7, 11) is 0. The third-order valence-electron chi connectivity index (χ3n) is 2.18. The molecular weight excluding hydrogens is 222 g/mol. The predicted molar refractivity (Wildman–Crippen MR) is 67.6 cm³/mol. The van der Waals surface area contributed by atoms with Crippen LogP contribution in [0.15, 0.2) is 17.2 Å². The lowest BCUT2D eigenvalue weighted by Gasteiger charge is -2.06. The molecule has 0 saturated heterocycles. The van der Waals surface area contributed by atoms with Gasteiger partial charge in [-0.15, -0.1) is 11.3 Å². The first-order valence-corrected chi connectivity index (χ1v) is 6.03. The Morgan fingerprint density at radius 2 is 2.25 bits per heavy atom. The SMILES string of the molecule is C/C(=C\NC(=O)Nc1nc(C)cs1)C(C)C. The number of nitrogens with one attached hydrogen (secondary N) is 2. The van der Waals surface area contributed by atoms with Crippen LogP contribution in [-0.4, -0.2) is 11.0 Å². The largest absolute Gasteiger partial charge is 0.325 e. The Morgan fingerprint density at radius 1 is 1.56 bits per heavy atom. The molecule has 88 valence electrons. The van der Waals surface area contributed by atoms with Crippen LogP contribution in [0, 0.1) is 12.8 Å². The molecule has 0 saturated carbocycles. The molecule has 0 aromatic carbocycles. The van der Waals surface area contributed by atoms with E-state index in [-0.39, 0.29) is 6.03 Å². The van der Waals surface area contributed by atoms with Gasteiger partial charge in [0.05, 0.1) is 5.69 Å². The van der Waals surface area contributed by atoms with Crippen molar-refractivity contribution in [2.24, 2.45) is 5.92 Å². The summed E-state index contributed by atoms with van der Waals surface area (Å²) in [6.07, 6.45) is 1.72. The van der Waals surface area contributed by atoms with E-state index in [1.54, 1.807) is 6.20 Å². The van der Waals surface area contributed by atoms with E-state index in [1.165, 1.54) is 11.3 Å². The van der Waals surface area contributed by atoms with Crippen LogP contribution in [0.25, 0.3) is 0 Å². The van der Waals surface area contributed by atoms with Crippen molar-refractivity contribution in [3.63, 3.8) is 0 Å². The van der Waals surface area contributed by atoms with Gasteiger partial charge in [0.15, 0.2) is 5.13 Å². The molecule has 0 aliphatic carbocycles.